The third-order valence-electron chi connectivity index (χ3n) is 2.03. The maximum atomic E-state index is 8.78. The van der Waals surface area contributed by atoms with Crippen LogP contribution in [0.15, 0.2) is 24.4 Å². The smallest absolute Gasteiger partial charge is 0.101 e. The predicted octanol–water partition coefficient (Wildman–Crippen LogP) is 2.35. The van der Waals surface area contributed by atoms with Gasteiger partial charge >= 0.3 is 0 Å². The molecular weight excluding hydrogens is 148 g/mol. The molecule has 0 aliphatic heterocycles. The van der Waals surface area contributed by atoms with E-state index in [1.54, 1.807) is 6.20 Å². The van der Waals surface area contributed by atoms with E-state index in [0.29, 0.717) is 0 Å². The lowest BCUT2D eigenvalue weighted by molar-refractivity contribution is 1.45. The highest BCUT2D eigenvalue weighted by atomic mass is 14.7. The van der Waals surface area contributed by atoms with E-state index < -0.39 is 0 Å². The van der Waals surface area contributed by atoms with Gasteiger partial charge in [0.25, 0.3) is 0 Å². The third-order valence-corrected chi connectivity index (χ3v) is 2.03. The average Bonchev–Trinajstić information content (AvgIpc) is 2.49. The third kappa shape index (κ3) is 0.802. The van der Waals surface area contributed by atoms with Crippen LogP contribution in [0.3, 0.4) is 0 Å². The molecule has 1 N–H and O–H groups in total. The highest BCUT2D eigenvalue weighted by Crippen LogP contribution is 2.20. The summed E-state index contributed by atoms with van der Waals surface area (Å²) >= 11 is 0. The SMILES string of the molecule is Cc1cccc2[nH]cc(C#N)c12. The monoisotopic (exact) mass is 156 g/mol. The number of nitrogens with zero attached hydrogens (tertiary/aromatic N) is 1. The zero-order valence-corrected chi connectivity index (χ0v) is 6.76. The fraction of sp³-hybridized carbons (Fsp3) is 0.100. The van der Waals surface area contributed by atoms with Crippen molar-refractivity contribution in [2.75, 3.05) is 0 Å². The Morgan fingerprint density at radius 2 is 2.25 bits per heavy atom. The topological polar surface area (TPSA) is 39.6 Å². The second kappa shape index (κ2) is 2.38. The summed E-state index contributed by atoms with van der Waals surface area (Å²) in [5.41, 5.74) is 2.90. The molecule has 0 spiro atoms. The molecule has 2 nitrogen and oxygen atoms in total. The number of H-pyrrole nitrogens is 1. The van der Waals surface area contributed by atoms with E-state index in [9.17, 15) is 0 Å². The number of benzene rings is 1. The Morgan fingerprint density at radius 1 is 1.42 bits per heavy atom. The Morgan fingerprint density at radius 3 is 3.00 bits per heavy atom. The van der Waals surface area contributed by atoms with Crippen LogP contribution in [0.4, 0.5) is 0 Å². The minimum atomic E-state index is 0.725. The lowest BCUT2D eigenvalue weighted by Crippen LogP contribution is -1.75. The Kier molecular flexibility index (Phi) is 1.38. The fourth-order valence-corrected chi connectivity index (χ4v) is 1.46. The molecule has 0 aliphatic carbocycles. The largest absolute Gasteiger partial charge is 0.360 e. The summed E-state index contributed by atoms with van der Waals surface area (Å²) in [5.74, 6) is 0. The summed E-state index contributed by atoms with van der Waals surface area (Å²) in [6.07, 6.45) is 1.75. The zero-order valence-electron chi connectivity index (χ0n) is 6.76. The van der Waals surface area contributed by atoms with E-state index in [-0.39, 0.29) is 0 Å². The van der Waals surface area contributed by atoms with Crippen molar-refractivity contribution >= 4 is 10.9 Å². The molecule has 2 rings (SSSR count). The summed E-state index contributed by atoms with van der Waals surface area (Å²) < 4.78 is 0. The van der Waals surface area contributed by atoms with Gasteiger partial charge in [0.05, 0.1) is 5.56 Å². The van der Waals surface area contributed by atoms with Crippen molar-refractivity contribution in [3.05, 3.63) is 35.5 Å². The van der Waals surface area contributed by atoms with Gasteiger partial charge in [-0.1, -0.05) is 12.1 Å². The molecule has 1 aromatic carbocycles. The number of aromatic nitrogens is 1. The molecule has 0 saturated heterocycles. The molecule has 0 unspecified atom stereocenters. The van der Waals surface area contributed by atoms with E-state index in [2.05, 4.69) is 11.1 Å². The van der Waals surface area contributed by atoms with Crippen LogP contribution in [0.2, 0.25) is 0 Å². The normalized spacial score (nSPS) is 10.0. The highest BCUT2D eigenvalue weighted by molar-refractivity contribution is 5.88. The summed E-state index contributed by atoms with van der Waals surface area (Å²) in [7, 11) is 0. The molecule has 0 saturated carbocycles. The van der Waals surface area contributed by atoms with Crippen LogP contribution in [-0.2, 0) is 0 Å². The van der Waals surface area contributed by atoms with Crippen molar-refractivity contribution in [2.24, 2.45) is 0 Å². The van der Waals surface area contributed by atoms with Gasteiger partial charge in [0.1, 0.15) is 6.07 Å². The van der Waals surface area contributed by atoms with Crippen LogP contribution in [0.1, 0.15) is 11.1 Å². The molecule has 2 heteroatoms. The lowest BCUT2D eigenvalue weighted by atomic mass is 10.1. The summed E-state index contributed by atoms with van der Waals surface area (Å²) in [6.45, 7) is 2.01. The van der Waals surface area contributed by atoms with Crippen LogP contribution in [-0.4, -0.2) is 4.98 Å². The summed E-state index contributed by atoms with van der Waals surface area (Å²) in [5, 5.41) is 9.82. The molecule has 0 amide bonds. The first-order valence-electron chi connectivity index (χ1n) is 3.79. The van der Waals surface area contributed by atoms with Crippen LogP contribution in [0, 0.1) is 18.3 Å². The van der Waals surface area contributed by atoms with Gasteiger partial charge in [0.2, 0.25) is 0 Å². The first-order chi connectivity index (χ1) is 5.83. The zero-order chi connectivity index (χ0) is 8.55. The van der Waals surface area contributed by atoms with Crippen LogP contribution in [0.5, 0.6) is 0 Å². The first-order valence-corrected chi connectivity index (χ1v) is 3.79. The number of fused-ring (bicyclic) bond motifs is 1. The number of hydrogen-bond acceptors (Lipinski definition) is 1. The van der Waals surface area contributed by atoms with Crippen molar-refractivity contribution in [3.8, 4) is 6.07 Å². The molecule has 0 radical (unpaired) electrons. The van der Waals surface area contributed by atoms with Gasteiger partial charge < -0.3 is 4.98 Å². The number of aromatic amines is 1. The molecule has 2 aromatic rings. The van der Waals surface area contributed by atoms with E-state index in [0.717, 1.165) is 22.0 Å². The molecule has 0 bridgehead atoms. The molecule has 1 heterocycles. The fourth-order valence-electron chi connectivity index (χ4n) is 1.46. The Bertz CT molecular complexity index is 460. The van der Waals surface area contributed by atoms with Crippen LogP contribution in [0.25, 0.3) is 10.9 Å². The maximum absolute atomic E-state index is 8.78. The standard InChI is InChI=1S/C10H8N2/c1-7-3-2-4-9-10(7)8(5-11)6-12-9/h2-4,6,12H,1H3. The molecular formula is C10H8N2. The predicted molar refractivity (Wildman–Crippen MR) is 47.8 cm³/mol. The van der Waals surface area contributed by atoms with Gasteiger partial charge in [-0.05, 0) is 18.6 Å². The van der Waals surface area contributed by atoms with Crippen molar-refractivity contribution in [1.82, 2.24) is 4.98 Å². The van der Waals surface area contributed by atoms with Crippen molar-refractivity contribution < 1.29 is 0 Å². The van der Waals surface area contributed by atoms with Gasteiger partial charge in [-0.2, -0.15) is 5.26 Å². The van der Waals surface area contributed by atoms with E-state index >= 15 is 0 Å². The second-order valence-corrected chi connectivity index (χ2v) is 2.81. The minimum Gasteiger partial charge on any atom is -0.360 e. The average molecular weight is 156 g/mol. The van der Waals surface area contributed by atoms with Gasteiger partial charge in [-0.25, -0.2) is 0 Å². The molecule has 0 fully saturated rings. The van der Waals surface area contributed by atoms with Gasteiger partial charge in [-0.3, -0.25) is 0 Å². The van der Waals surface area contributed by atoms with E-state index in [4.69, 9.17) is 5.26 Å². The van der Waals surface area contributed by atoms with Crippen LogP contribution >= 0.6 is 0 Å². The van der Waals surface area contributed by atoms with E-state index in [1.165, 1.54) is 0 Å². The number of hydrogen-bond donors (Lipinski definition) is 1. The Hall–Kier alpha value is -1.75. The van der Waals surface area contributed by atoms with Gasteiger partial charge in [-0.15, -0.1) is 0 Å². The minimum absolute atomic E-state index is 0.725. The number of aryl methyl sites for hydroxylation is 1. The molecule has 58 valence electrons. The van der Waals surface area contributed by atoms with Crippen LogP contribution < -0.4 is 0 Å². The van der Waals surface area contributed by atoms with Gasteiger partial charge in [0, 0.05) is 17.1 Å². The maximum Gasteiger partial charge on any atom is 0.101 e. The second-order valence-electron chi connectivity index (χ2n) is 2.81. The highest BCUT2D eigenvalue weighted by Gasteiger charge is 2.03. The number of nitriles is 1. The quantitative estimate of drug-likeness (QED) is 0.624. The first kappa shape index (κ1) is 6.93. The number of rotatable bonds is 0. The molecule has 0 atom stereocenters. The summed E-state index contributed by atoms with van der Waals surface area (Å²) in [4.78, 5) is 3.06. The van der Waals surface area contributed by atoms with Crippen molar-refractivity contribution in [1.29, 1.82) is 5.26 Å². The number of nitrogens with one attached hydrogen (secondary N) is 1. The van der Waals surface area contributed by atoms with Crippen molar-refractivity contribution in [3.63, 3.8) is 0 Å². The molecule has 0 aliphatic rings. The van der Waals surface area contributed by atoms with E-state index in [1.807, 2.05) is 25.1 Å². The Balaban J connectivity index is 2.95. The summed E-state index contributed by atoms with van der Waals surface area (Å²) in [6, 6.07) is 8.13. The van der Waals surface area contributed by atoms with Gasteiger partial charge in [0.15, 0.2) is 0 Å². The Labute approximate surface area is 70.4 Å². The molecule has 1 aromatic heterocycles. The molecule has 12 heavy (non-hydrogen) atoms. The van der Waals surface area contributed by atoms with Crippen molar-refractivity contribution in [2.45, 2.75) is 6.92 Å². The lowest BCUT2D eigenvalue weighted by Gasteiger charge is -1.94.